The van der Waals surface area contributed by atoms with Crippen LogP contribution in [0.25, 0.3) is 10.9 Å². The topological polar surface area (TPSA) is 202 Å². The van der Waals surface area contributed by atoms with E-state index in [1.807, 2.05) is 12.1 Å². The smallest absolute Gasteiger partial charge is 0.407 e. The maximum absolute atomic E-state index is 12.9. The standard InChI is InChI=1S/C42H57N7O7S/c1-4-5-7-12-30-23-32-29(13-10-15-33(32)47-39(30)43)14-11-21-44-42(55)56-26-28-17-19-31(20-18-28)46-36(51)25-45-40(53)38(27(2)3)48-35(50)16-8-6-9-22-49-37(52)24-34(57)41(49)54/h10,13,15,17-20,23,27,34,38,57H,4-9,11-12,14,16,21-22,24-26H2,1-3H3,(H2,43,47)(H,44,55)(H,45,53)(H,46,51)(H,48,50). The van der Waals surface area contributed by atoms with Crippen LogP contribution in [0.4, 0.5) is 16.3 Å². The number of nitrogen functional groups attached to an aromatic ring is 1. The van der Waals surface area contributed by atoms with Crippen LogP contribution in [0.15, 0.2) is 48.5 Å². The Hall–Kier alpha value is -5.18. The second kappa shape index (κ2) is 22.5. The van der Waals surface area contributed by atoms with E-state index in [0.29, 0.717) is 43.9 Å². The highest BCUT2D eigenvalue weighted by Crippen LogP contribution is 2.25. The Kier molecular flexibility index (Phi) is 17.6. The van der Waals surface area contributed by atoms with Crippen molar-refractivity contribution < 1.29 is 33.5 Å². The molecule has 4 rings (SSSR count). The van der Waals surface area contributed by atoms with Gasteiger partial charge in [-0.1, -0.05) is 64.3 Å². The monoisotopic (exact) mass is 803 g/mol. The number of thiol groups is 1. The number of aromatic nitrogens is 1. The number of nitrogens with one attached hydrogen (secondary N) is 4. The second-order valence-corrected chi connectivity index (χ2v) is 15.4. The number of nitrogens with two attached hydrogens (primary N) is 1. The summed E-state index contributed by atoms with van der Waals surface area (Å²) < 4.78 is 5.38. The quantitative estimate of drug-likeness (QED) is 0.0448. The lowest BCUT2D eigenvalue weighted by Gasteiger charge is -2.21. The fraction of sp³-hybridized carbons (Fsp3) is 0.500. The van der Waals surface area contributed by atoms with Gasteiger partial charge in [0.1, 0.15) is 18.5 Å². The molecule has 2 aromatic carbocycles. The van der Waals surface area contributed by atoms with Crippen LogP contribution in [0.5, 0.6) is 0 Å². The molecule has 15 heteroatoms. The van der Waals surface area contributed by atoms with E-state index in [-0.39, 0.29) is 49.6 Å². The van der Waals surface area contributed by atoms with Gasteiger partial charge in [-0.25, -0.2) is 9.78 Å². The first-order chi connectivity index (χ1) is 27.4. The summed E-state index contributed by atoms with van der Waals surface area (Å²) in [7, 11) is 0. The molecule has 0 aliphatic carbocycles. The zero-order chi connectivity index (χ0) is 41.3. The van der Waals surface area contributed by atoms with E-state index < -0.39 is 29.2 Å². The number of pyridine rings is 1. The van der Waals surface area contributed by atoms with Gasteiger partial charge in [0.2, 0.25) is 29.5 Å². The second-order valence-electron chi connectivity index (χ2n) is 14.7. The number of carbonyl (C=O) groups is 6. The van der Waals surface area contributed by atoms with E-state index in [1.54, 1.807) is 38.1 Å². The van der Waals surface area contributed by atoms with Crippen LogP contribution in [0.1, 0.15) is 95.2 Å². The first-order valence-corrected chi connectivity index (χ1v) is 20.4. The van der Waals surface area contributed by atoms with Gasteiger partial charge in [-0.3, -0.25) is 28.9 Å². The van der Waals surface area contributed by atoms with E-state index in [4.69, 9.17) is 10.5 Å². The molecule has 14 nitrogen and oxygen atoms in total. The lowest BCUT2D eigenvalue weighted by molar-refractivity contribution is -0.138. The molecule has 0 spiro atoms. The van der Waals surface area contributed by atoms with Gasteiger partial charge in [0.15, 0.2) is 0 Å². The summed E-state index contributed by atoms with van der Waals surface area (Å²) in [5, 5.41) is 11.4. The molecule has 0 saturated carbocycles. The summed E-state index contributed by atoms with van der Waals surface area (Å²) in [4.78, 5) is 80.1. The van der Waals surface area contributed by atoms with Crippen molar-refractivity contribution in [2.75, 3.05) is 30.7 Å². The van der Waals surface area contributed by atoms with Crippen LogP contribution in [-0.4, -0.2) is 76.4 Å². The number of imide groups is 1. The largest absolute Gasteiger partial charge is 0.445 e. The van der Waals surface area contributed by atoms with Crippen LogP contribution >= 0.6 is 12.6 Å². The molecule has 6 N–H and O–H groups in total. The minimum Gasteiger partial charge on any atom is -0.445 e. The number of ether oxygens (including phenoxy) is 1. The summed E-state index contributed by atoms with van der Waals surface area (Å²) in [5.41, 5.74) is 10.6. The Morgan fingerprint density at radius 3 is 2.39 bits per heavy atom. The van der Waals surface area contributed by atoms with E-state index in [1.165, 1.54) is 4.90 Å². The van der Waals surface area contributed by atoms with Gasteiger partial charge in [-0.2, -0.15) is 12.6 Å². The lowest BCUT2D eigenvalue weighted by atomic mass is 10.00. The van der Waals surface area contributed by atoms with Gasteiger partial charge in [0.05, 0.1) is 17.3 Å². The Balaban J connectivity index is 1.11. The van der Waals surface area contributed by atoms with Crippen molar-refractivity contribution in [3.8, 4) is 0 Å². The summed E-state index contributed by atoms with van der Waals surface area (Å²) in [6.07, 6.45) is 7.27. The van der Waals surface area contributed by atoms with Gasteiger partial charge in [-0.05, 0) is 85.4 Å². The molecule has 3 aromatic rings. The number of hydrogen-bond acceptors (Lipinski definition) is 10. The highest BCUT2D eigenvalue weighted by Gasteiger charge is 2.35. The van der Waals surface area contributed by atoms with Gasteiger partial charge in [0.25, 0.3) is 0 Å². The van der Waals surface area contributed by atoms with Crippen molar-refractivity contribution in [3.63, 3.8) is 0 Å². The first-order valence-electron chi connectivity index (χ1n) is 19.9. The van der Waals surface area contributed by atoms with Gasteiger partial charge < -0.3 is 31.7 Å². The van der Waals surface area contributed by atoms with E-state index in [9.17, 15) is 28.8 Å². The SMILES string of the molecule is CCCCCc1cc2c(CCCNC(=O)OCc3ccc(NC(=O)CNC(=O)C(NC(=O)CCCCCN4C(=O)CC(S)C4=O)C(C)C)cc3)cccc2nc1N. The summed E-state index contributed by atoms with van der Waals surface area (Å²) in [6.45, 7) is 6.27. The van der Waals surface area contributed by atoms with E-state index in [0.717, 1.165) is 66.1 Å². The summed E-state index contributed by atoms with van der Waals surface area (Å²) in [6, 6.07) is 14.2. The molecule has 2 atom stereocenters. The Labute approximate surface area is 340 Å². The van der Waals surface area contributed by atoms with E-state index >= 15 is 0 Å². The van der Waals surface area contributed by atoms with Crippen LogP contribution in [0, 0.1) is 5.92 Å². The minimum absolute atomic E-state index is 0.0487. The Morgan fingerprint density at radius 2 is 1.68 bits per heavy atom. The molecule has 1 fully saturated rings. The van der Waals surface area contributed by atoms with Crippen LogP contribution < -0.4 is 27.0 Å². The minimum atomic E-state index is -0.829. The van der Waals surface area contributed by atoms with Gasteiger partial charge in [-0.15, -0.1) is 0 Å². The number of alkyl carbamates (subject to hydrolysis) is 1. The van der Waals surface area contributed by atoms with Crippen molar-refractivity contribution in [2.24, 2.45) is 5.92 Å². The number of unbranched alkanes of at least 4 members (excludes halogenated alkanes) is 4. The molecule has 1 aliphatic rings. The van der Waals surface area contributed by atoms with Crippen LogP contribution in [0.3, 0.4) is 0 Å². The average Bonchev–Trinajstić information content (AvgIpc) is 3.43. The summed E-state index contributed by atoms with van der Waals surface area (Å²) in [5.74, 6) is -1.37. The number of nitrogens with zero attached hydrogens (tertiary/aromatic N) is 2. The van der Waals surface area contributed by atoms with Crippen molar-refractivity contribution in [1.82, 2.24) is 25.8 Å². The number of fused-ring (bicyclic) bond motifs is 1. The van der Waals surface area contributed by atoms with Crippen molar-refractivity contribution in [1.29, 1.82) is 0 Å². The van der Waals surface area contributed by atoms with E-state index in [2.05, 4.69) is 57.9 Å². The highest BCUT2D eigenvalue weighted by molar-refractivity contribution is 7.81. The summed E-state index contributed by atoms with van der Waals surface area (Å²) >= 11 is 4.12. The molecule has 6 amide bonds. The van der Waals surface area contributed by atoms with Crippen molar-refractivity contribution in [3.05, 3.63) is 65.2 Å². The zero-order valence-corrected chi connectivity index (χ0v) is 34.1. The molecule has 1 aromatic heterocycles. The predicted molar refractivity (Wildman–Crippen MR) is 223 cm³/mol. The zero-order valence-electron chi connectivity index (χ0n) is 33.2. The molecule has 57 heavy (non-hydrogen) atoms. The number of hydrogen-bond donors (Lipinski definition) is 6. The third-order valence-corrected chi connectivity index (χ3v) is 10.2. The fourth-order valence-electron chi connectivity index (χ4n) is 6.55. The number of anilines is 2. The molecule has 2 heterocycles. The first kappa shape index (κ1) is 44.5. The predicted octanol–water partition coefficient (Wildman–Crippen LogP) is 5.22. The third kappa shape index (κ3) is 14.1. The lowest BCUT2D eigenvalue weighted by Crippen LogP contribution is -2.51. The number of aryl methyl sites for hydroxylation is 2. The van der Waals surface area contributed by atoms with Gasteiger partial charge in [0, 0.05) is 37.0 Å². The molecule has 2 unspecified atom stereocenters. The molecule has 1 saturated heterocycles. The normalized spacial score (nSPS) is 14.5. The highest BCUT2D eigenvalue weighted by atomic mass is 32.1. The average molecular weight is 804 g/mol. The maximum Gasteiger partial charge on any atom is 0.407 e. The van der Waals surface area contributed by atoms with Crippen molar-refractivity contribution >= 4 is 70.7 Å². The maximum atomic E-state index is 12.9. The Morgan fingerprint density at radius 1 is 0.930 bits per heavy atom. The number of rotatable bonds is 22. The number of carbonyl (C=O) groups excluding carboxylic acids is 6. The third-order valence-electron chi connectivity index (χ3n) is 9.81. The molecular weight excluding hydrogens is 747 g/mol. The number of amides is 6. The molecule has 0 bridgehead atoms. The van der Waals surface area contributed by atoms with Crippen LogP contribution in [0.2, 0.25) is 0 Å². The van der Waals surface area contributed by atoms with Crippen LogP contribution in [-0.2, 0) is 48.2 Å². The number of benzene rings is 2. The molecule has 0 radical (unpaired) electrons. The molecular formula is C42H57N7O7S. The van der Waals surface area contributed by atoms with Crippen molar-refractivity contribution in [2.45, 2.75) is 109 Å². The van der Waals surface area contributed by atoms with Gasteiger partial charge >= 0.3 is 6.09 Å². The Bertz CT molecular complexity index is 1870. The number of likely N-dealkylation sites (tertiary alicyclic amines) is 1. The molecule has 308 valence electrons. The molecule has 1 aliphatic heterocycles. The fourth-order valence-corrected chi connectivity index (χ4v) is 6.84.